The summed E-state index contributed by atoms with van der Waals surface area (Å²) in [4.78, 5) is 35.0. The molecule has 7 rings (SSSR count). The maximum atomic E-state index is 14.0. The molecule has 10 heteroatoms. The number of fused-ring (bicyclic) bond motifs is 3. The van der Waals surface area contributed by atoms with Gasteiger partial charge in [0.05, 0.1) is 40.1 Å². The molecule has 2 amide bonds. The normalized spacial score (nSPS) is 16.3. The second-order valence-electron chi connectivity index (χ2n) is 13.6. The van der Waals surface area contributed by atoms with Crippen LogP contribution in [0.25, 0.3) is 11.1 Å². The lowest BCUT2D eigenvalue weighted by Gasteiger charge is -2.36. The second-order valence-corrected chi connectivity index (χ2v) is 13.6. The lowest BCUT2D eigenvalue weighted by molar-refractivity contribution is -0.196. The highest BCUT2D eigenvalue weighted by Gasteiger charge is 2.43. The van der Waals surface area contributed by atoms with Gasteiger partial charge in [0.1, 0.15) is 29.7 Å². The molecular formula is C45H46N2O8. The summed E-state index contributed by atoms with van der Waals surface area (Å²) in [5, 5.41) is 11.9. The summed E-state index contributed by atoms with van der Waals surface area (Å²) < 4.78 is 23.7. The number of rotatable bonds is 14. The third-order valence-electron chi connectivity index (χ3n) is 10.5. The van der Waals surface area contributed by atoms with Gasteiger partial charge in [0.15, 0.2) is 0 Å². The number of hydrogen-bond acceptors (Lipinski definition) is 8. The molecule has 0 radical (unpaired) electrons. The number of aliphatic hydroxyl groups excluding tert-OH is 1. The van der Waals surface area contributed by atoms with Crippen molar-refractivity contribution in [2.24, 2.45) is 0 Å². The first-order valence-electron chi connectivity index (χ1n) is 18.6. The number of carbonyl (C=O) groups excluding carboxylic acids is 2. The Morgan fingerprint density at radius 3 is 1.80 bits per heavy atom. The smallest absolute Gasteiger partial charge is 0.410 e. The number of likely N-dealkylation sites (N-methyl/N-ethyl adjacent to an activating group) is 1. The molecule has 0 aromatic heterocycles. The zero-order chi connectivity index (χ0) is 38.4. The van der Waals surface area contributed by atoms with E-state index in [1.807, 2.05) is 103 Å². The fraction of sp³-hybridized carbons (Fsp3) is 0.289. The van der Waals surface area contributed by atoms with Crippen molar-refractivity contribution in [1.29, 1.82) is 0 Å². The number of carbonyl (C=O) groups is 2. The first-order valence-corrected chi connectivity index (χ1v) is 18.6. The van der Waals surface area contributed by atoms with Crippen LogP contribution in [0.2, 0.25) is 0 Å². The minimum absolute atomic E-state index is 0.0168. The van der Waals surface area contributed by atoms with Crippen molar-refractivity contribution in [2.45, 2.75) is 37.0 Å². The lowest BCUT2D eigenvalue weighted by Crippen LogP contribution is -2.48. The molecule has 1 saturated heterocycles. The number of methoxy groups -OCH3 is 2. The van der Waals surface area contributed by atoms with Crippen molar-refractivity contribution >= 4 is 12.0 Å². The topological polar surface area (TPSA) is 107 Å². The van der Waals surface area contributed by atoms with Gasteiger partial charge < -0.3 is 24.1 Å². The number of ether oxygens (including phenoxy) is 4. The van der Waals surface area contributed by atoms with Gasteiger partial charge in [-0.1, -0.05) is 103 Å². The Labute approximate surface area is 321 Å². The SMILES string of the molecule is CCN(OCCOC(c1ccccc1)(c1ccc(OC)cc1)c1ccc(OC)cc1)C(=O)[C@@H]1C[C@@H](O)CN1C(=O)OCC1c2ccccc2-c2ccccc21. The van der Waals surface area contributed by atoms with Gasteiger partial charge in [-0.05, 0) is 70.1 Å². The molecular weight excluding hydrogens is 697 g/mol. The standard InChI is InChI=1S/C45H46N2O8/c1-4-47(43(49)42-28-34(48)29-46(42)44(50)53-30-41-39-16-10-8-14-37(39)38-15-9-11-17-40(38)41)55-27-26-54-45(31-12-6-5-7-13-31,32-18-22-35(51-2)23-19-32)33-20-24-36(52-3)25-21-33/h5-25,34,41-42,48H,4,26-30H2,1-3H3/t34-,42+/m1/s1. The van der Waals surface area contributed by atoms with E-state index < -0.39 is 29.7 Å². The van der Waals surface area contributed by atoms with Crippen molar-refractivity contribution in [1.82, 2.24) is 9.96 Å². The summed E-state index contributed by atoms with van der Waals surface area (Å²) in [6.07, 6.45) is -1.45. The van der Waals surface area contributed by atoms with Crippen LogP contribution in [0, 0.1) is 0 Å². The molecule has 1 aliphatic carbocycles. The molecule has 55 heavy (non-hydrogen) atoms. The van der Waals surface area contributed by atoms with Crippen molar-refractivity contribution in [3.63, 3.8) is 0 Å². The van der Waals surface area contributed by atoms with E-state index in [4.69, 9.17) is 23.8 Å². The number of benzene rings is 5. The zero-order valence-electron chi connectivity index (χ0n) is 31.3. The van der Waals surface area contributed by atoms with Gasteiger partial charge >= 0.3 is 6.09 Å². The molecule has 2 atom stereocenters. The van der Waals surface area contributed by atoms with Gasteiger partial charge in [-0.2, -0.15) is 0 Å². The number of nitrogens with zero attached hydrogens (tertiary/aromatic N) is 2. The first kappa shape index (κ1) is 37.6. The Kier molecular flexibility index (Phi) is 11.5. The summed E-state index contributed by atoms with van der Waals surface area (Å²) in [7, 11) is 3.25. The summed E-state index contributed by atoms with van der Waals surface area (Å²) in [6, 6.07) is 40.7. The predicted molar refractivity (Wildman–Crippen MR) is 208 cm³/mol. The Morgan fingerprint density at radius 2 is 1.25 bits per heavy atom. The highest BCUT2D eigenvalue weighted by Crippen LogP contribution is 2.45. The van der Waals surface area contributed by atoms with E-state index in [9.17, 15) is 14.7 Å². The van der Waals surface area contributed by atoms with Crippen molar-refractivity contribution in [3.8, 4) is 22.6 Å². The van der Waals surface area contributed by atoms with E-state index in [1.54, 1.807) is 21.1 Å². The third-order valence-corrected chi connectivity index (χ3v) is 10.5. The quantitative estimate of drug-likeness (QED) is 0.0725. The minimum atomic E-state index is -1.05. The van der Waals surface area contributed by atoms with Gasteiger partial charge in [-0.25, -0.2) is 9.86 Å². The molecule has 2 aliphatic rings. The molecule has 0 unspecified atom stereocenters. The summed E-state index contributed by atoms with van der Waals surface area (Å²) in [5.74, 6) is 0.856. The average molecular weight is 743 g/mol. The van der Waals surface area contributed by atoms with Gasteiger partial charge in [-0.15, -0.1) is 0 Å². The molecule has 10 nitrogen and oxygen atoms in total. The van der Waals surface area contributed by atoms with E-state index in [1.165, 1.54) is 9.96 Å². The van der Waals surface area contributed by atoms with Crippen molar-refractivity contribution < 1.29 is 38.5 Å². The monoisotopic (exact) mass is 742 g/mol. The fourth-order valence-corrected chi connectivity index (χ4v) is 7.82. The molecule has 1 aliphatic heterocycles. The summed E-state index contributed by atoms with van der Waals surface area (Å²) in [5.41, 5.74) is 6.00. The molecule has 1 N–H and O–H groups in total. The van der Waals surface area contributed by atoms with Crippen LogP contribution in [-0.2, 0) is 24.7 Å². The van der Waals surface area contributed by atoms with Crippen LogP contribution in [0.3, 0.4) is 0 Å². The zero-order valence-corrected chi connectivity index (χ0v) is 31.3. The largest absolute Gasteiger partial charge is 0.497 e. The number of aliphatic hydroxyl groups is 1. The molecule has 5 aromatic carbocycles. The molecule has 0 saturated carbocycles. The Balaban J connectivity index is 1.05. The number of hydrogen-bond donors (Lipinski definition) is 1. The third kappa shape index (κ3) is 7.53. The van der Waals surface area contributed by atoms with Crippen molar-refractivity contribution in [2.75, 3.05) is 47.1 Å². The van der Waals surface area contributed by atoms with Crippen LogP contribution in [0.5, 0.6) is 11.5 Å². The van der Waals surface area contributed by atoms with E-state index in [-0.39, 0.29) is 45.2 Å². The maximum absolute atomic E-state index is 14.0. The molecule has 284 valence electrons. The van der Waals surface area contributed by atoms with Gasteiger partial charge in [0, 0.05) is 18.9 Å². The van der Waals surface area contributed by atoms with Gasteiger partial charge in [-0.3, -0.25) is 14.5 Å². The van der Waals surface area contributed by atoms with E-state index in [2.05, 4.69) is 24.3 Å². The fourth-order valence-electron chi connectivity index (χ4n) is 7.82. The van der Waals surface area contributed by atoms with Crippen LogP contribution < -0.4 is 9.47 Å². The van der Waals surface area contributed by atoms with Gasteiger partial charge in [0.25, 0.3) is 5.91 Å². The highest BCUT2D eigenvalue weighted by atomic mass is 16.7. The number of β-amino-alcohol motifs (C(OH)–C–C–N with tert-alkyl or cyclic N) is 1. The van der Waals surface area contributed by atoms with E-state index in [0.29, 0.717) is 11.5 Å². The average Bonchev–Trinajstić information content (AvgIpc) is 3.79. The predicted octanol–water partition coefficient (Wildman–Crippen LogP) is 7.18. The number of amides is 2. The Bertz CT molecular complexity index is 1980. The molecule has 1 heterocycles. The van der Waals surface area contributed by atoms with Crippen LogP contribution in [-0.4, -0.2) is 86.3 Å². The highest BCUT2D eigenvalue weighted by molar-refractivity contribution is 5.86. The minimum Gasteiger partial charge on any atom is -0.497 e. The van der Waals surface area contributed by atoms with Crippen molar-refractivity contribution in [3.05, 3.63) is 155 Å². The number of hydroxylamine groups is 2. The Hall–Kier alpha value is -5.68. The summed E-state index contributed by atoms with van der Waals surface area (Å²) in [6.45, 7) is 2.23. The summed E-state index contributed by atoms with van der Waals surface area (Å²) >= 11 is 0. The second kappa shape index (κ2) is 16.8. The van der Waals surface area contributed by atoms with Crippen LogP contribution in [0.1, 0.15) is 47.1 Å². The van der Waals surface area contributed by atoms with Crippen LogP contribution in [0.15, 0.2) is 127 Å². The van der Waals surface area contributed by atoms with Crippen LogP contribution >= 0.6 is 0 Å². The maximum Gasteiger partial charge on any atom is 0.410 e. The van der Waals surface area contributed by atoms with Gasteiger partial charge in [0.2, 0.25) is 0 Å². The molecule has 5 aromatic rings. The molecule has 1 fully saturated rings. The van der Waals surface area contributed by atoms with E-state index in [0.717, 1.165) is 38.9 Å². The first-order chi connectivity index (χ1) is 26.9. The lowest BCUT2D eigenvalue weighted by atomic mass is 9.80. The Morgan fingerprint density at radius 1 is 0.727 bits per heavy atom. The van der Waals surface area contributed by atoms with Crippen LogP contribution in [0.4, 0.5) is 4.79 Å². The molecule has 0 spiro atoms. The molecule has 0 bridgehead atoms. The number of likely N-dealkylation sites (tertiary alicyclic amines) is 1. The van der Waals surface area contributed by atoms with E-state index >= 15 is 0 Å².